The number of rotatable bonds is 4. The third-order valence-corrected chi connectivity index (χ3v) is 6.91. The van der Waals surface area contributed by atoms with Gasteiger partial charge in [-0.15, -0.1) is 11.3 Å². The van der Waals surface area contributed by atoms with E-state index in [1.807, 2.05) is 5.32 Å². The number of hydrogen-bond donors (Lipinski definition) is 2. The van der Waals surface area contributed by atoms with Crippen LogP contribution in [-0.4, -0.2) is 31.6 Å². The van der Waals surface area contributed by atoms with Crippen LogP contribution in [-0.2, 0) is 19.4 Å². The van der Waals surface area contributed by atoms with Gasteiger partial charge >= 0.3 is 0 Å². The van der Waals surface area contributed by atoms with Crippen LogP contribution in [0.1, 0.15) is 4.88 Å². The maximum absolute atomic E-state index is 13.4. The third kappa shape index (κ3) is 3.53. The van der Waals surface area contributed by atoms with Gasteiger partial charge in [0.2, 0.25) is 0 Å². The predicted octanol–water partition coefficient (Wildman–Crippen LogP) is 3.55. The monoisotopic (exact) mass is 443 g/mol. The lowest BCUT2D eigenvalue weighted by Gasteiger charge is -2.06. The molecule has 0 spiro atoms. The average molecular weight is 443 g/mol. The molecule has 9 heteroatoms. The highest BCUT2D eigenvalue weighted by molar-refractivity contribution is 7.90. The summed E-state index contributed by atoms with van der Waals surface area (Å²) in [5.41, 5.74) is 1.84. The van der Waals surface area contributed by atoms with Crippen LogP contribution in [0.15, 0.2) is 65.3 Å². The van der Waals surface area contributed by atoms with Crippen LogP contribution < -0.4 is 5.32 Å². The number of amides is 2. The number of aliphatic hydroxyl groups is 1. The molecule has 2 heterocycles. The van der Waals surface area contributed by atoms with E-state index in [1.54, 1.807) is 30.3 Å². The van der Waals surface area contributed by atoms with Crippen molar-refractivity contribution >= 4 is 38.6 Å². The molecule has 2 amide bonds. The Balaban J connectivity index is 1.90. The maximum atomic E-state index is 13.4. The Labute approximate surface area is 175 Å². The summed E-state index contributed by atoms with van der Waals surface area (Å²) >= 11 is 1.16. The quantitative estimate of drug-likeness (QED) is 0.601. The number of benzene rings is 2. The van der Waals surface area contributed by atoms with E-state index >= 15 is 0 Å². The summed E-state index contributed by atoms with van der Waals surface area (Å²) in [6.45, 7) is 0. The second-order valence-electron chi connectivity index (χ2n) is 6.66. The number of thiophene rings is 1. The van der Waals surface area contributed by atoms with E-state index in [4.69, 9.17) is 0 Å². The van der Waals surface area contributed by atoms with Crippen LogP contribution >= 0.6 is 11.3 Å². The molecule has 0 bridgehead atoms. The highest BCUT2D eigenvalue weighted by atomic mass is 32.2. The molecule has 2 aromatic carbocycles. The fourth-order valence-electron chi connectivity index (χ4n) is 3.10. The second kappa shape index (κ2) is 7.19. The molecule has 152 valence electrons. The van der Waals surface area contributed by atoms with E-state index < -0.39 is 33.2 Å². The summed E-state index contributed by atoms with van der Waals surface area (Å²) < 4.78 is 36.9. The Morgan fingerprint density at radius 2 is 1.53 bits per heavy atom. The number of imide groups is 1. The number of hydrogen-bond acceptors (Lipinski definition) is 6. The van der Waals surface area contributed by atoms with Crippen molar-refractivity contribution in [3.8, 4) is 21.6 Å². The smallest absolute Gasteiger partial charge is 0.293 e. The SMILES string of the molecule is CS(=O)(=O)c1ccc(-c2cc(C3=C(O)C(=O)NC3=O)sc2-c2ccc(F)cc2)cc1. The Bertz CT molecular complexity index is 1320. The molecule has 0 saturated carbocycles. The van der Waals surface area contributed by atoms with E-state index in [1.165, 1.54) is 24.3 Å². The Morgan fingerprint density at radius 3 is 2.07 bits per heavy atom. The molecule has 1 aliphatic rings. The number of aliphatic hydroxyl groups excluding tert-OH is 1. The van der Waals surface area contributed by atoms with Gasteiger partial charge in [0.15, 0.2) is 15.6 Å². The van der Waals surface area contributed by atoms with E-state index in [9.17, 15) is 27.5 Å². The molecule has 30 heavy (non-hydrogen) atoms. The topological polar surface area (TPSA) is 101 Å². The van der Waals surface area contributed by atoms with Crippen LogP contribution in [0.3, 0.4) is 0 Å². The lowest BCUT2D eigenvalue weighted by atomic mass is 10.0. The third-order valence-electron chi connectivity index (χ3n) is 4.58. The molecule has 3 aromatic rings. The summed E-state index contributed by atoms with van der Waals surface area (Å²) in [6, 6.07) is 13.6. The van der Waals surface area contributed by atoms with E-state index in [0.717, 1.165) is 17.6 Å². The Kier molecular flexibility index (Phi) is 4.79. The zero-order chi connectivity index (χ0) is 21.6. The van der Waals surface area contributed by atoms with Gasteiger partial charge in [-0.3, -0.25) is 14.9 Å². The molecule has 0 radical (unpaired) electrons. The van der Waals surface area contributed by atoms with Gasteiger partial charge in [0.25, 0.3) is 11.8 Å². The number of halogens is 1. The van der Waals surface area contributed by atoms with Crippen molar-refractivity contribution in [3.63, 3.8) is 0 Å². The Hall–Kier alpha value is -3.30. The minimum atomic E-state index is -3.37. The molecule has 2 N–H and O–H groups in total. The second-order valence-corrected chi connectivity index (χ2v) is 9.73. The summed E-state index contributed by atoms with van der Waals surface area (Å²) in [4.78, 5) is 25.0. The number of nitrogens with one attached hydrogen (secondary N) is 1. The number of carbonyl (C=O) groups is 2. The lowest BCUT2D eigenvalue weighted by molar-refractivity contribution is -0.124. The molecule has 1 aromatic heterocycles. The van der Waals surface area contributed by atoms with Gasteiger partial charge in [-0.05, 0) is 41.5 Å². The molecule has 0 fully saturated rings. The largest absolute Gasteiger partial charge is 0.502 e. The molecule has 0 saturated heterocycles. The highest BCUT2D eigenvalue weighted by Gasteiger charge is 2.33. The van der Waals surface area contributed by atoms with Crippen molar-refractivity contribution < 1.29 is 27.5 Å². The zero-order valence-electron chi connectivity index (χ0n) is 15.5. The first-order valence-corrected chi connectivity index (χ1v) is 11.4. The van der Waals surface area contributed by atoms with Crippen molar-refractivity contribution in [1.82, 2.24) is 5.32 Å². The van der Waals surface area contributed by atoms with Gasteiger partial charge in [-0.25, -0.2) is 12.8 Å². The van der Waals surface area contributed by atoms with Gasteiger partial charge in [0, 0.05) is 21.6 Å². The first-order valence-electron chi connectivity index (χ1n) is 8.64. The maximum Gasteiger partial charge on any atom is 0.293 e. The molecule has 4 rings (SSSR count). The van der Waals surface area contributed by atoms with E-state index in [-0.39, 0.29) is 10.5 Å². The Morgan fingerprint density at radius 1 is 0.933 bits per heavy atom. The van der Waals surface area contributed by atoms with Crippen molar-refractivity contribution in [2.75, 3.05) is 6.26 Å². The summed E-state index contributed by atoms with van der Waals surface area (Å²) in [5, 5.41) is 12.1. The average Bonchev–Trinajstić information content (AvgIpc) is 3.22. The van der Waals surface area contributed by atoms with Crippen LogP contribution in [0, 0.1) is 5.82 Å². The summed E-state index contributed by atoms with van der Waals surface area (Å²) in [6.07, 6.45) is 1.11. The molecule has 0 atom stereocenters. The van der Waals surface area contributed by atoms with Gasteiger partial charge in [-0.1, -0.05) is 24.3 Å². The zero-order valence-corrected chi connectivity index (χ0v) is 17.1. The standard InChI is InChI=1S/C21H14FNO5S2/c1-30(27,28)14-8-4-11(5-9-14)15-10-16(17-18(24)21(26)23-20(17)25)29-19(15)12-2-6-13(22)7-3-12/h2-10H,1H3,(H2,23,24,25,26). The van der Waals surface area contributed by atoms with Crippen LogP contribution in [0.2, 0.25) is 0 Å². The van der Waals surface area contributed by atoms with Crippen molar-refractivity contribution in [1.29, 1.82) is 0 Å². The minimum absolute atomic E-state index is 0.132. The van der Waals surface area contributed by atoms with Crippen molar-refractivity contribution in [3.05, 3.63) is 71.1 Å². The molecule has 6 nitrogen and oxygen atoms in total. The first-order chi connectivity index (χ1) is 14.1. The molecule has 0 aliphatic carbocycles. The van der Waals surface area contributed by atoms with Gasteiger partial charge < -0.3 is 5.11 Å². The molecule has 1 aliphatic heterocycles. The molecule has 0 unspecified atom stereocenters. The van der Waals surface area contributed by atoms with Crippen molar-refractivity contribution in [2.45, 2.75) is 4.90 Å². The molecular weight excluding hydrogens is 429 g/mol. The van der Waals surface area contributed by atoms with E-state index in [2.05, 4.69) is 0 Å². The minimum Gasteiger partial charge on any atom is -0.502 e. The van der Waals surface area contributed by atoms with Crippen molar-refractivity contribution in [2.24, 2.45) is 0 Å². The first kappa shape index (κ1) is 20.0. The van der Waals surface area contributed by atoms with Gasteiger partial charge in [0.05, 0.1) is 4.90 Å². The fraction of sp³-hybridized carbons (Fsp3) is 0.0476. The number of carbonyl (C=O) groups excluding carboxylic acids is 2. The fourth-order valence-corrected chi connectivity index (χ4v) is 4.96. The van der Waals surface area contributed by atoms with Crippen LogP contribution in [0.5, 0.6) is 0 Å². The van der Waals surface area contributed by atoms with Gasteiger partial charge in [0.1, 0.15) is 11.4 Å². The van der Waals surface area contributed by atoms with E-state index in [0.29, 0.717) is 26.4 Å². The summed E-state index contributed by atoms with van der Waals surface area (Å²) in [7, 11) is -3.37. The molecular formula is C21H14FNO5S2. The van der Waals surface area contributed by atoms with Crippen LogP contribution in [0.25, 0.3) is 27.1 Å². The lowest BCUT2D eigenvalue weighted by Crippen LogP contribution is -2.22. The normalized spacial score (nSPS) is 14.3. The van der Waals surface area contributed by atoms with Gasteiger partial charge in [-0.2, -0.15) is 0 Å². The highest BCUT2D eigenvalue weighted by Crippen LogP contribution is 2.43. The number of sulfone groups is 1. The predicted molar refractivity (Wildman–Crippen MR) is 111 cm³/mol. The van der Waals surface area contributed by atoms with Crippen LogP contribution in [0.4, 0.5) is 4.39 Å². The summed E-state index contributed by atoms with van der Waals surface area (Å²) in [5.74, 6) is -2.64.